The van der Waals surface area contributed by atoms with Crippen molar-refractivity contribution in [2.24, 2.45) is 5.92 Å². The molecule has 2 heterocycles. The summed E-state index contributed by atoms with van der Waals surface area (Å²) in [6, 6.07) is 8.21. The number of hydrogen-bond donors (Lipinski definition) is 3. The van der Waals surface area contributed by atoms with Crippen LogP contribution in [0.5, 0.6) is 0 Å². The highest BCUT2D eigenvalue weighted by Gasteiger charge is 2.27. The highest BCUT2D eigenvalue weighted by atomic mass is 16.5. The van der Waals surface area contributed by atoms with E-state index in [0.29, 0.717) is 23.5 Å². The number of amides is 2. The van der Waals surface area contributed by atoms with Crippen LogP contribution in [0.4, 0.5) is 5.82 Å². The summed E-state index contributed by atoms with van der Waals surface area (Å²) in [5.41, 5.74) is 2.12. The monoisotopic (exact) mass is 467 g/mol. The zero-order valence-corrected chi connectivity index (χ0v) is 19.6. The van der Waals surface area contributed by atoms with Crippen molar-refractivity contribution >= 4 is 34.8 Å². The SMILES string of the molecule is COC(=O)[C@@H](NC(=O)[C@H](C)NC(=O)Cn1cnc2c(NCc3ccccc3)ncnc21)C(C)C. The number of esters is 1. The molecule has 0 spiro atoms. The maximum atomic E-state index is 12.6. The molecule has 0 saturated heterocycles. The Bertz CT molecular complexity index is 1150. The van der Waals surface area contributed by atoms with Crippen molar-refractivity contribution in [1.29, 1.82) is 0 Å². The molecule has 0 radical (unpaired) electrons. The third-order valence-electron chi connectivity index (χ3n) is 5.21. The molecule has 0 aliphatic heterocycles. The molecule has 0 aliphatic carbocycles. The standard InChI is InChI=1S/C23H29N7O4/c1-14(2)18(23(33)34-4)29-22(32)15(3)28-17(31)11-30-13-27-19-20(25-12-26-21(19)30)24-10-16-8-6-5-7-9-16/h5-9,12-15,18H,10-11H2,1-4H3,(H,28,31)(H,29,32)(H,24,25,26)/t15-,18-/m0/s1. The van der Waals surface area contributed by atoms with Gasteiger partial charge in [-0.3, -0.25) is 9.59 Å². The average Bonchev–Trinajstić information content (AvgIpc) is 3.24. The number of imidazole rings is 1. The van der Waals surface area contributed by atoms with Crippen LogP contribution in [0, 0.1) is 5.92 Å². The molecule has 0 unspecified atom stereocenters. The third kappa shape index (κ3) is 6.06. The van der Waals surface area contributed by atoms with Gasteiger partial charge in [0.2, 0.25) is 11.8 Å². The van der Waals surface area contributed by atoms with Gasteiger partial charge in [0, 0.05) is 6.54 Å². The van der Waals surface area contributed by atoms with Crippen LogP contribution in [-0.2, 0) is 32.2 Å². The Balaban J connectivity index is 1.62. The average molecular weight is 468 g/mol. The van der Waals surface area contributed by atoms with E-state index in [2.05, 4.69) is 30.9 Å². The Hall–Kier alpha value is -4.02. The second-order valence-electron chi connectivity index (χ2n) is 8.15. The number of aromatic nitrogens is 4. The van der Waals surface area contributed by atoms with Crippen molar-refractivity contribution in [2.75, 3.05) is 12.4 Å². The van der Waals surface area contributed by atoms with Gasteiger partial charge in [-0.05, 0) is 18.4 Å². The number of methoxy groups -OCH3 is 1. The zero-order chi connectivity index (χ0) is 24.7. The number of rotatable bonds is 10. The van der Waals surface area contributed by atoms with Crippen molar-refractivity contribution in [1.82, 2.24) is 30.2 Å². The van der Waals surface area contributed by atoms with E-state index in [1.807, 2.05) is 30.3 Å². The summed E-state index contributed by atoms with van der Waals surface area (Å²) in [4.78, 5) is 49.8. The molecular formula is C23H29N7O4. The summed E-state index contributed by atoms with van der Waals surface area (Å²) in [5, 5.41) is 8.49. The first-order chi connectivity index (χ1) is 16.3. The van der Waals surface area contributed by atoms with Crippen LogP contribution in [0.1, 0.15) is 26.3 Å². The molecule has 2 amide bonds. The van der Waals surface area contributed by atoms with Gasteiger partial charge in [-0.15, -0.1) is 0 Å². The maximum absolute atomic E-state index is 12.6. The molecule has 11 nitrogen and oxygen atoms in total. The minimum Gasteiger partial charge on any atom is -0.467 e. The van der Waals surface area contributed by atoms with Gasteiger partial charge in [0.1, 0.15) is 30.5 Å². The predicted octanol–water partition coefficient (Wildman–Crippen LogP) is 1.26. The summed E-state index contributed by atoms with van der Waals surface area (Å²) >= 11 is 0. The molecule has 11 heteroatoms. The summed E-state index contributed by atoms with van der Waals surface area (Å²) in [6.07, 6.45) is 2.91. The van der Waals surface area contributed by atoms with Crippen LogP contribution < -0.4 is 16.0 Å². The van der Waals surface area contributed by atoms with E-state index in [1.54, 1.807) is 25.3 Å². The van der Waals surface area contributed by atoms with E-state index >= 15 is 0 Å². The van der Waals surface area contributed by atoms with E-state index in [9.17, 15) is 14.4 Å². The molecule has 0 fully saturated rings. The first-order valence-corrected chi connectivity index (χ1v) is 10.9. The number of ether oxygens (including phenoxy) is 1. The number of carbonyl (C=O) groups is 3. The summed E-state index contributed by atoms with van der Waals surface area (Å²) in [5.74, 6) is -1.03. The maximum Gasteiger partial charge on any atom is 0.328 e. The Morgan fingerprint density at radius 1 is 1.03 bits per heavy atom. The topological polar surface area (TPSA) is 140 Å². The van der Waals surface area contributed by atoms with Crippen molar-refractivity contribution in [3.05, 3.63) is 48.5 Å². The number of anilines is 1. The summed E-state index contributed by atoms with van der Waals surface area (Å²) in [7, 11) is 1.26. The molecule has 2 aromatic heterocycles. The van der Waals surface area contributed by atoms with E-state index in [1.165, 1.54) is 19.8 Å². The minimum atomic E-state index is -0.856. The number of nitrogens with zero attached hydrogens (tertiary/aromatic N) is 4. The molecule has 3 N–H and O–H groups in total. The molecule has 0 aliphatic rings. The Kier molecular flexibility index (Phi) is 8.12. The second-order valence-corrected chi connectivity index (χ2v) is 8.15. The quantitative estimate of drug-likeness (QED) is 0.379. The van der Waals surface area contributed by atoms with Crippen molar-refractivity contribution < 1.29 is 19.1 Å². The molecule has 3 aromatic rings. The Morgan fingerprint density at radius 3 is 2.44 bits per heavy atom. The summed E-state index contributed by atoms with van der Waals surface area (Å²) < 4.78 is 6.31. The Labute approximate surface area is 197 Å². The van der Waals surface area contributed by atoms with E-state index in [-0.39, 0.29) is 12.5 Å². The molecule has 2 atom stereocenters. The van der Waals surface area contributed by atoms with E-state index in [0.717, 1.165) is 5.56 Å². The van der Waals surface area contributed by atoms with E-state index < -0.39 is 29.9 Å². The lowest BCUT2D eigenvalue weighted by Crippen LogP contribution is -2.52. The minimum absolute atomic E-state index is 0.0894. The van der Waals surface area contributed by atoms with Gasteiger partial charge in [0.05, 0.1) is 13.4 Å². The van der Waals surface area contributed by atoms with Gasteiger partial charge >= 0.3 is 5.97 Å². The third-order valence-corrected chi connectivity index (χ3v) is 5.21. The van der Waals surface area contributed by atoms with Crippen molar-refractivity contribution in [3.8, 4) is 0 Å². The van der Waals surface area contributed by atoms with Crippen LogP contribution in [0.3, 0.4) is 0 Å². The fourth-order valence-electron chi connectivity index (χ4n) is 3.32. The molecule has 3 rings (SSSR count). The smallest absolute Gasteiger partial charge is 0.328 e. The van der Waals surface area contributed by atoms with Gasteiger partial charge in [-0.2, -0.15) is 0 Å². The van der Waals surface area contributed by atoms with Crippen molar-refractivity contribution in [2.45, 2.75) is 45.9 Å². The lowest BCUT2D eigenvalue weighted by molar-refractivity contribution is -0.146. The van der Waals surface area contributed by atoms with Crippen LogP contribution in [-0.4, -0.2) is 56.5 Å². The molecule has 180 valence electrons. The summed E-state index contributed by atoms with van der Waals surface area (Å²) in [6.45, 7) is 5.60. The van der Waals surface area contributed by atoms with E-state index in [4.69, 9.17) is 4.74 Å². The van der Waals surface area contributed by atoms with Gasteiger partial charge < -0.3 is 25.3 Å². The fraction of sp³-hybridized carbons (Fsp3) is 0.391. The van der Waals surface area contributed by atoms with Gasteiger partial charge in [0.25, 0.3) is 0 Å². The second kappa shape index (κ2) is 11.2. The first-order valence-electron chi connectivity index (χ1n) is 10.9. The van der Waals surface area contributed by atoms with Gasteiger partial charge in [-0.1, -0.05) is 44.2 Å². The zero-order valence-electron chi connectivity index (χ0n) is 19.6. The molecular weight excluding hydrogens is 438 g/mol. The fourth-order valence-corrected chi connectivity index (χ4v) is 3.32. The number of fused-ring (bicyclic) bond motifs is 1. The number of carbonyl (C=O) groups excluding carboxylic acids is 3. The first kappa shape index (κ1) is 24.6. The predicted molar refractivity (Wildman–Crippen MR) is 125 cm³/mol. The number of hydrogen-bond acceptors (Lipinski definition) is 8. The van der Waals surface area contributed by atoms with Crippen LogP contribution in [0.15, 0.2) is 43.0 Å². The molecule has 0 bridgehead atoms. The van der Waals surface area contributed by atoms with Gasteiger partial charge in [0.15, 0.2) is 11.5 Å². The van der Waals surface area contributed by atoms with Crippen LogP contribution >= 0.6 is 0 Å². The van der Waals surface area contributed by atoms with Crippen LogP contribution in [0.2, 0.25) is 0 Å². The highest BCUT2D eigenvalue weighted by Crippen LogP contribution is 2.18. The number of nitrogens with one attached hydrogen (secondary N) is 3. The lowest BCUT2D eigenvalue weighted by Gasteiger charge is -2.22. The normalized spacial score (nSPS) is 12.7. The highest BCUT2D eigenvalue weighted by molar-refractivity contribution is 5.91. The molecule has 34 heavy (non-hydrogen) atoms. The van der Waals surface area contributed by atoms with Crippen molar-refractivity contribution in [3.63, 3.8) is 0 Å². The lowest BCUT2D eigenvalue weighted by atomic mass is 10.0. The molecule has 0 saturated carbocycles. The largest absolute Gasteiger partial charge is 0.467 e. The van der Waals surface area contributed by atoms with Crippen LogP contribution in [0.25, 0.3) is 11.2 Å². The van der Waals surface area contributed by atoms with Gasteiger partial charge in [-0.25, -0.2) is 19.7 Å². The number of benzene rings is 1. The molecule has 1 aromatic carbocycles. The Morgan fingerprint density at radius 2 is 1.76 bits per heavy atom.